The van der Waals surface area contributed by atoms with Crippen LogP contribution >= 0.6 is 0 Å². The molecule has 2 atom stereocenters. The van der Waals surface area contributed by atoms with Gasteiger partial charge in [0.15, 0.2) is 15.4 Å². The molecule has 1 aromatic carbocycles. The van der Waals surface area contributed by atoms with E-state index >= 15 is 0 Å². The molecule has 0 fully saturated rings. The normalized spacial score (nSPS) is 15.7. The Morgan fingerprint density at radius 2 is 2.06 bits per heavy atom. The predicted octanol–water partition coefficient (Wildman–Crippen LogP) is 0.588. The van der Waals surface area contributed by atoms with E-state index in [-0.39, 0.29) is 5.58 Å². The molecule has 1 aromatic heterocycles. The molecule has 98 valence electrons. The van der Waals surface area contributed by atoms with Crippen LogP contribution in [0.3, 0.4) is 0 Å². The Morgan fingerprint density at radius 1 is 1.39 bits per heavy atom. The van der Waals surface area contributed by atoms with Crippen LogP contribution < -0.4 is 5.76 Å². The minimum absolute atomic E-state index is 0.289. The van der Waals surface area contributed by atoms with Gasteiger partial charge < -0.3 is 9.52 Å². The van der Waals surface area contributed by atoms with Gasteiger partial charge in [0.25, 0.3) is 0 Å². The maximum atomic E-state index is 11.4. The van der Waals surface area contributed by atoms with Gasteiger partial charge in [-0.05, 0) is 24.6 Å². The molecule has 0 radical (unpaired) electrons. The summed E-state index contributed by atoms with van der Waals surface area (Å²) in [5.41, 5.74) is 1.18. The second-order valence-electron chi connectivity index (χ2n) is 4.25. The van der Waals surface area contributed by atoms with E-state index in [0.29, 0.717) is 11.1 Å². The third-order valence-electron chi connectivity index (χ3n) is 2.91. The molecule has 0 aliphatic heterocycles. The first kappa shape index (κ1) is 12.8. The van der Waals surface area contributed by atoms with Gasteiger partial charge in [0, 0.05) is 6.26 Å². The third kappa shape index (κ3) is 2.32. The summed E-state index contributed by atoms with van der Waals surface area (Å²) in [6.45, 7) is 1.43. The summed E-state index contributed by atoms with van der Waals surface area (Å²) in [6.07, 6.45) is -0.0971. The first-order valence-corrected chi connectivity index (χ1v) is 7.24. The first-order valence-electron chi connectivity index (χ1n) is 5.29. The summed E-state index contributed by atoms with van der Waals surface area (Å²) in [5.74, 6) is -0.590. The Hall–Kier alpha value is -1.60. The van der Waals surface area contributed by atoms with Crippen molar-refractivity contribution in [1.29, 1.82) is 0 Å². The summed E-state index contributed by atoms with van der Waals surface area (Å²) in [7, 11) is -3.35. The van der Waals surface area contributed by atoms with Crippen LogP contribution in [0.1, 0.15) is 18.6 Å². The van der Waals surface area contributed by atoms with Gasteiger partial charge in [-0.3, -0.25) is 4.98 Å². The Morgan fingerprint density at radius 3 is 2.67 bits per heavy atom. The number of aromatic nitrogens is 1. The molecule has 6 nitrogen and oxygen atoms in total. The number of aliphatic hydroxyl groups is 1. The average Bonchev–Trinajstić information content (AvgIpc) is 2.64. The van der Waals surface area contributed by atoms with E-state index in [1.165, 1.54) is 13.0 Å². The number of oxazole rings is 1. The highest BCUT2D eigenvalue weighted by Gasteiger charge is 2.25. The van der Waals surface area contributed by atoms with Gasteiger partial charge in [-0.25, -0.2) is 13.2 Å². The Kier molecular flexibility index (Phi) is 3.04. The van der Waals surface area contributed by atoms with E-state index in [9.17, 15) is 18.3 Å². The van der Waals surface area contributed by atoms with Crippen molar-refractivity contribution < 1.29 is 17.9 Å². The smallest absolute Gasteiger partial charge is 0.408 e. The minimum atomic E-state index is -3.35. The largest absolute Gasteiger partial charge is 0.417 e. The zero-order valence-electron chi connectivity index (χ0n) is 9.88. The van der Waals surface area contributed by atoms with Crippen molar-refractivity contribution in [3.8, 4) is 0 Å². The van der Waals surface area contributed by atoms with Crippen LogP contribution in [0.25, 0.3) is 11.1 Å². The molecule has 2 N–H and O–H groups in total. The number of aliphatic hydroxyl groups excluding tert-OH is 1. The molecule has 2 unspecified atom stereocenters. The zero-order valence-corrected chi connectivity index (χ0v) is 10.7. The standard InChI is InChI=1S/C11H13NO5S/c1-6(18(2,15)16)10(13)7-3-4-8-9(5-7)17-11(14)12-8/h3-6,10,13H,1-2H3,(H,12,14). The van der Waals surface area contributed by atoms with Crippen LogP contribution in [0.5, 0.6) is 0 Å². The summed E-state index contributed by atoms with van der Waals surface area (Å²) in [4.78, 5) is 13.4. The molecular formula is C11H13NO5S. The van der Waals surface area contributed by atoms with Crippen molar-refractivity contribution in [3.63, 3.8) is 0 Å². The molecule has 1 heterocycles. The number of aromatic amines is 1. The maximum absolute atomic E-state index is 11.4. The van der Waals surface area contributed by atoms with Crippen LogP contribution in [0.2, 0.25) is 0 Å². The zero-order chi connectivity index (χ0) is 13.5. The van der Waals surface area contributed by atoms with Crippen molar-refractivity contribution in [2.75, 3.05) is 6.26 Å². The van der Waals surface area contributed by atoms with E-state index in [1.54, 1.807) is 12.1 Å². The van der Waals surface area contributed by atoms with Gasteiger partial charge in [-0.2, -0.15) is 0 Å². The molecule has 0 spiro atoms. The Balaban J connectivity index is 2.45. The number of hydrogen-bond acceptors (Lipinski definition) is 5. The van der Waals surface area contributed by atoms with E-state index in [0.717, 1.165) is 6.26 Å². The number of fused-ring (bicyclic) bond motifs is 1. The third-order valence-corrected chi connectivity index (χ3v) is 4.52. The molecule has 2 aromatic rings. The van der Waals surface area contributed by atoms with Crippen molar-refractivity contribution in [3.05, 3.63) is 34.3 Å². The van der Waals surface area contributed by atoms with Crippen molar-refractivity contribution >= 4 is 20.9 Å². The first-order chi connectivity index (χ1) is 8.29. The monoisotopic (exact) mass is 271 g/mol. The molecule has 0 amide bonds. The maximum Gasteiger partial charge on any atom is 0.417 e. The highest BCUT2D eigenvalue weighted by Crippen LogP contribution is 2.24. The van der Waals surface area contributed by atoms with Crippen LogP contribution in [0.15, 0.2) is 27.4 Å². The molecule has 0 bridgehead atoms. The minimum Gasteiger partial charge on any atom is -0.408 e. The fourth-order valence-corrected chi connectivity index (χ4v) is 2.28. The lowest BCUT2D eigenvalue weighted by Gasteiger charge is -2.17. The Labute approximate surface area is 103 Å². The fourth-order valence-electron chi connectivity index (χ4n) is 1.65. The van der Waals surface area contributed by atoms with Crippen molar-refractivity contribution in [1.82, 2.24) is 4.98 Å². The number of H-pyrrole nitrogens is 1. The summed E-state index contributed by atoms with van der Waals surface area (Å²) < 4.78 is 27.6. The number of nitrogens with one attached hydrogen (secondary N) is 1. The quantitative estimate of drug-likeness (QED) is 0.850. The van der Waals surface area contributed by atoms with Gasteiger partial charge in [0.2, 0.25) is 0 Å². The second kappa shape index (κ2) is 4.25. The molecular weight excluding hydrogens is 258 g/mol. The lowest BCUT2D eigenvalue weighted by Crippen LogP contribution is -2.24. The molecule has 7 heteroatoms. The van der Waals surface area contributed by atoms with Gasteiger partial charge in [0.05, 0.1) is 16.9 Å². The van der Waals surface area contributed by atoms with E-state index < -0.39 is 26.9 Å². The lowest BCUT2D eigenvalue weighted by atomic mass is 10.1. The molecule has 0 aliphatic carbocycles. The van der Waals surface area contributed by atoms with Crippen LogP contribution in [0, 0.1) is 0 Å². The van der Waals surface area contributed by atoms with Crippen molar-refractivity contribution in [2.24, 2.45) is 0 Å². The molecule has 0 saturated heterocycles. The molecule has 0 aliphatic rings. The van der Waals surface area contributed by atoms with Gasteiger partial charge in [-0.15, -0.1) is 0 Å². The van der Waals surface area contributed by atoms with E-state index in [4.69, 9.17) is 4.42 Å². The molecule has 2 rings (SSSR count). The summed E-state index contributed by atoms with van der Waals surface area (Å²) in [6, 6.07) is 4.58. The van der Waals surface area contributed by atoms with Crippen molar-refractivity contribution in [2.45, 2.75) is 18.3 Å². The van der Waals surface area contributed by atoms with E-state index in [2.05, 4.69) is 4.98 Å². The second-order valence-corrected chi connectivity index (χ2v) is 6.65. The topological polar surface area (TPSA) is 100 Å². The lowest BCUT2D eigenvalue weighted by molar-refractivity contribution is 0.176. The number of hydrogen-bond donors (Lipinski definition) is 2. The SMILES string of the molecule is CC(C(O)c1ccc2[nH]c(=O)oc2c1)S(C)(=O)=O. The predicted molar refractivity (Wildman–Crippen MR) is 66.1 cm³/mol. The van der Waals surface area contributed by atoms with Crippen LogP contribution in [-0.2, 0) is 9.84 Å². The van der Waals surface area contributed by atoms with Gasteiger partial charge in [-0.1, -0.05) is 6.07 Å². The summed E-state index contributed by atoms with van der Waals surface area (Å²) >= 11 is 0. The summed E-state index contributed by atoms with van der Waals surface area (Å²) in [5, 5.41) is 9.05. The van der Waals surface area contributed by atoms with Gasteiger partial charge >= 0.3 is 5.76 Å². The molecule has 0 saturated carbocycles. The average molecular weight is 271 g/mol. The van der Waals surface area contributed by atoms with Crippen LogP contribution in [0.4, 0.5) is 0 Å². The number of benzene rings is 1. The number of rotatable bonds is 3. The number of sulfone groups is 1. The highest BCUT2D eigenvalue weighted by atomic mass is 32.2. The van der Waals surface area contributed by atoms with Crippen LogP contribution in [-0.4, -0.2) is 30.0 Å². The van der Waals surface area contributed by atoms with Gasteiger partial charge in [0.1, 0.15) is 0 Å². The highest BCUT2D eigenvalue weighted by molar-refractivity contribution is 7.91. The van der Waals surface area contributed by atoms with E-state index in [1.807, 2.05) is 0 Å². The Bertz CT molecular complexity index is 727. The fraction of sp³-hybridized carbons (Fsp3) is 0.364. The molecule has 18 heavy (non-hydrogen) atoms.